The highest BCUT2D eigenvalue weighted by Crippen LogP contribution is 2.40. The fraction of sp³-hybridized carbons (Fsp3) is 0.478. The molecule has 4 heteroatoms. The first-order chi connectivity index (χ1) is 12.9. The number of benzene rings is 2. The Morgan fingerprint density at radius 3 is 2.63 bits per heavy atom. The molecule has 0 fully saturated rings. The number of fused-ring (bicyclic) bond motifs is 1. The molecule has 0 aromatic heterocycles. The van der Waals surface area contributed by atoms with Crippen LogP contribution in [-0.4, -0.2) is 29.4 Å². The van der Waals surface area contributed by atoms with E-state index in [1.165, 1.54) is 11.1 Å². The van der Waals surface area contributed by atoms with Crippen LogP contribution >= 0.6 is 0 Å². The SMILES string of the molecule is CCc1ccc2c(c1)[C@@H](NC[C@@H](O)[C@@H](N)Cc1ccccc1)CC(C)(C)O2. The van der Waals surface area contributed by atoms with Gasteiger partial charge in [0.1, 0.15) is 11.4 Å². The van der Waals surface area contributed by atoms with E-state index in [4.69, 9.17) is 10.5 Å². The van der Waals surface area contributed by atoms with Crippen molar-refractivity contribution >= 4 is 0 Å². The Morgan fingerprint density at radius 2 is 1.93 bits per heavy atom. The standard InChI is InChI=1S/C23H32N2O2/c1-4-16-10-11-22-18(12-16)20(14-23(2,3)27-22)25-15-21(26)19(24)13-17-8-6-5-7-9-17/h5-12,19-21,25-26H,4,13-15,24H2,1-3H3/t19-,20-,21+/m0/s1. The van der Waals surface area contributed by atoms with E-state index in [0.29, 0.717) is 13.0 Å². The van der Waals surface area contributed by atoms with Crippen molar-refractivity contribution in [3.8, 4) is 5.75 Å². The van der Waals surface area contributed by atoms with Crippen LogP contribution in [0.2, 0.25) is 0 Å². The summed E-state index contributed by atoms with van der Waals surface area (Å²) in [6.45, 7) is 6.83. The third-order valence-corrected chi connectivity index (χ3v) is 5.32. The first-order valence-corrected chi connectivity index (χ1v) is 9.91. The van der Waals surface area contributed by atoms with E-state index < -0.39 is 6.10 Å². The van der Waals surface area contributed by atoms with Crippen LogP contribution in [-0.2, 0) is 12.8 Å². The average Bonchev–Trinajstić information content (AvgIpc) is 2.65. The van der Waals surface area contributed by atoms with E-state index >= 15 is 0 Å². The lowest BCUT2D eigenvalue weighted by Crippen LogP contribution is -2.46. The Bertz CT molecular complexity index is 745. The van der Waals surface area contributed by atoms with Crippen molar-refractivity contribution in [1.82, 2.24) is 5.32 Å². The molecule has 3 rings (SSSR count). The molecule has 4 N–H and O–H groups in total. The minimum atomic E-state index is -0.603. The second-order valence-electron chi connectivity index (χ2n) is 8.17. The number of hydrogen-bond donors (Lipinski definition) is 3. The van der Waals surface area contributed by atoms with Crippen LogP contribution in [0.4, 0.5) is 0 Å². The average molecular weight is 369 g/mol. The molecule has 0 unspecified atom stereocenters. The zero-order chi connectivity index (χ0) is 19.4. The van der Waals surface area contributed by atoms with Gasteiger partial charge in [0.15, 0.2) is 0 Å². The molecule has 0 amide bonds. The van der Waals surface area contributed by atoms with E-state index in [1.807, 2.05) is 30.3 Å². The van der Waals surface area contributed by atoms with Crippen molar-refractivity contribution in [2.45, 2.75) is 63.8 Å². The van der Waals surface area contributed by atoms with Crippen LogP contribution in [0.15, 0.2) is 48.5 Å². The second-order valence-corrected chi connectivity index (χ2v) is 8.17. The summed E-state index contributed by atoms with van der Waals surface area (Å²) in [6.07, 6.45) is 1.91. The number of hydrogen-bond acceptors (Lipinski definition) is 4. The monoisotopic (exact) mass is 368 g/mol. The summed E-state index contributed by atoms with van der Waals surface area (Å²) in [5.41, 5.74) is 9.63. The molecule has 0 saturated heterocycles. The number of ether oxygens (including phenoxy) is 1. The molecule has 2 aromatic rings. The fourth-order valence-electron chi connectivity index (χ4n) is 3.74. The van der Waals surface area contributed by atoms with E-state index in [1.54, 1.807) is 0 Å². The third-order valence-electron chi connectivity index (χ3n) is 5.32. The van der Waals surface area contributed by atoms with Crippen LogP contribution in [0, 0.1) is 0 Å². The molecule has 146 valence electrons. The highest BCUT2D eigenvalue weighted by Gasteiger charge is 2.34. The lowest BCUT2D eigenvalue weighted by Gasteiger charge is -2.38. The van der Waals surface area contributed by atoms with Gasteiger partial charge in [-0.05, 0) is 43.9 Å². The molecule has 27 heavy (non-hydrogen) atoms. The van der Waals surface area contributed by atoms with Crippen molar-refractivity contribution in [2.24, 2.45) is 5.73 Å². The van der Waals surface area contributed by atoms with Gasteiger partial charge in [-0.15, -0.1) is 0 Å². The molecule has 1 aliphatic rings. The Kier molecular flexibility index (Phi) is 6.20. The normalized spacial score (nSPS) is 20.4. The summed E-state index contributed by atoms with van der Waals surface area (Å²) >= 11 is 0. The first-order valence-electron chi connectivity index (χ1n) is 9.91. The van der Waals surface area contributed by atoms with Gasteiger partial charge in [-0.3, -0.25) is 0 Å². The predicted octanol–water partition coefficient (Wildman–Crippen LogP) is 3.37. The summed E-state index contributed by atoms with van der Waals surface area (Å²) in [5.74, 6) is 0.934. The summed E-state index contributed by atoms with van der Waals surface area (Å²) in [7, 11) is 0. The van der Waals surface area contributed by atoms with Crippen LogP contribution in [0.5, 0.6) is 5.75 Å². The molecular weight excluding hydrogens is 336 g/mol. The van der Waals surface area contributed by atoms with Gasteiger partial charge in [0.25, 0.3) is 0 Å². The molecule has 0 radical (unpaired) electrons. The zero-order valence-electron chi connectivity index (χ0n) is 16.6. The Morgan fingerprint density at radius 1 is 1.19 bits per heavy atom. The van der Waals surface area contributed by atoms with Crippen molar-refractivity contribution in [1.29, 1.82) is 0 Å². The molecular formula is C23H32N2O2. The Balaban J connectivity index is 1.66. The topological polar surface area (TPSA) is 67.5 Å². The minimum absolute atomic E-state index is 0.147. The number of nitrogens with one attached hydrogen (secondary N) is 1. The van der Waals surface area contributed by atoms with Crippen molar-refractivity contribution in [2.75, 3.05) is 6.54 Å². The molecule has 0 saturated carbocycles. The van der Waals surface area contributed by atoms with Crippen LogP contribution in [0.1, 0.15) is 49.9 Å². The lowest BCUT2D eigenvalue weighted by atomic mass is 9.88. The summed E-state index contributed by atoms with van der Waals surface area (Å²) in [6, 6.07) is 16.3. The van der Waals surface area contributed by atoms with Gasteiger partial charge in [-0.1, -0.05) is 49.4 Å². The predicted molar refractivity (Wildman–Crippen MR) is 110 cm³/mol. The first kappa shape index (κ1) is 19.9. The Hall–Kier alpha value is -1.88. The maximum absolute atomic E-state index is 10.6. The van der Waals surface area contributed by atoms with E-state index in [9.17, 15) is 5.11 Å². The van der Waals surface area contributed by atoms with E-state index in [2.05, 4.69) is 44.3 Å². The largest absolute Gasteiger partial charge is 0.487 e. The maximum atomic E-state index is 10.6. The van der Waals surface area contributed by atoms with Crippen molar-refractivity contribution in [3.63, 3.8) is 0 Å². The summed E-state index contributed by atoms with van der Waals surface area (Å²) < 4.78 is 6.16. The molecule has 0 aliphatic carbocycles. The summed E-state index contributed by atoms with van der Waals surface area (Å²) in [4.78, 5) is 0. The molecule has 1 aliphatic heterocycles. The van der Waals surface area contributed by atoms with Crippen molar-refractivity contribution in [3.05, 3.63) is 65.2 Å². The van der Waals surface area contributed by atoms with Crippen LogP contribution in [0.3, 0.4) is 0 Å². The number of aryl methyl sites for hydroxylation is 1. The molecule has 0 bridgehead atoms. The van der Waals surface area contributed by atoms with Gasteiger partial charge < -0.3 is 20.9 Å². The highest BCUT2D eigenvalue weighted by atomic mass is 16.5. The highest BCUT2D eigenvalue weighted by molar-refractivity contribution is 5.42. The fourth-order valence-corrected chi connectivity index (χ4v) is 3.74. The maximum Gasteiger partial charge on any atom is 0.124 e. The van der Waals surface area contributed by atoms with Gasteiger partial charge in [-0.25, -0.2) is 0 Å². The second kappa shape index (κ2) is 8.42. The molecule has 3 atom stereocenters. The Labute approximate surface area is 162 Å². The van der Waals surface area contributed by atoms with Gasteiger partial charge in [0, 0.05) is 30.6 Å². The molecule has 2 aromatic carbocycles. The van der Waals surface area contributed by atoms with Gasteiger partial charge in [-0.2, -0.15) is 0 Å². The number of aliphatic hydroxyl groups excluding tert-OH is 1. The number of aliphatic hydroxyl groups is 1. The van der Waals surface area contributed by atoms with E-state index in [0.717, 1.165) is 24.2 Å². The van der Waals surface area contributed by atoms with Gasteiger partial charge in [0.2, 0.25) is 0 Å². The van der Waals surface area contributed by atoms with Crippen molar-refractivity contribution < 1.29 is 9.84 Å². The molecule has 1 heterocycles. The van der Waals surface area contributed by atoms with Gasteiger partial charge >= 0.3 is 0 Å². The summed E-state index contributed by atoms with van der Waals surface area (Å²) in [5, 5.41) is 14.1. The number of nitrogens with two attached hydrogens (primary N) is 1. The number of rotatable bonds is 7. The smallest absolute Gasteiger partial charge is 0.124 e. The molecule has 4 nitrogen and oxygen atoms in total. The van der Waals surface area contributed by atoms with Gasteiger partial charge in [0.05, 0.1) is 6.10 Å². The lowest BCUT2D eigenvalue weighted by molar-refractivity contribution is 0.0604. The third kappa shape index (κ3) is 5.10. The van der Waals surface area contributed by atoms with Crippen LogP contribution < -0.4 is 15.8 Å². The van der Waals surface area contributed by atoms with Crippen LogP contribution in [0.25, 0.3) is 0 Å². The minimum Gasteiger partial charge on any atom is -0.487 e. The van der Waals surface area contributed by atoms with E-state index in [-0.39, 0.29) is 17.7 Å². The zero-order valence-corrected chi connectivity index (χ0v) is 16.6. The molecule has 0 spiro atoms. The quantitative estimate of drug-likeness (QED) is 0.701.